The smallest absolute Gasteiger partial charge is 0.309 e. The molecule has 180 valence electrons. The van der Waals surface area contributed by atoms with Gasteiger partial charge in [-0.2, -0.15) is 0 Å². The minimum absolute atomic E-state index is 0.0732. The molecule has 2 rings (SSSR count). The summed E-state index contributed by atoms with van der Waals surface area (Å²) in [6.45, 7) is 2.37. The Balaban J connectivity index is 1.74. The van der Waals surface area contributed by atoms with Gasteiger partial charge in [-0.05, 0) is 43.8 Å². The number of nitrogens with two attached hydrogens (primary N) is 1. The number of rotatable bonds is 14. The summed E-state index contributed by atoms with van der Waals surface area (Å²) in [5, 5.41) is 21.6. The summed E-state index contributed by atoms with van der Waals surface area (Å²) >= 11 is 0. The standard InChI is InChI=1S/C19H32N6O6S/c20-6-11-32(29,30)25-13-15(18(27)28)12-24-17(26)14-2-4-16(5-3-14)31-10-9-23-19-21-7-1-8-22-19/h2-5,15,19,21-23,25H,1,6-13,20H2,(H,24,26)(H,27,28)/t15-/m1/s1. The highest BCUT2D eigenvalue weighted by Crippen LogP contribution is 2.12. The Bertz CT molecular complexity index is 829. The highest BCUT2D eigenvalue weighted by atomic mass is 32.2. The van der Waals surface area contributed by atoms with Gasteiger partial charge in [0, 0.05) is 31.7 Å². The van der Waals surface area contributed by atoms with Gasteiger partial charge in [-0.15, -0.1) is 0 Å². The van der Waals surface area contributed by atoms with E-state index in [0.29, 0.717) is 24.5 Å². The predicted octanol–water partition coefficient (Wildman–Crippen LogP) is -2.17. The number of carbonyl (C=O) groups is 2. The van der Waals surface area contributed by atoms with Crippen molar-refractivity contribution < 1.29 is 27.9 Å². The number of carboxylic acids is 1. The van der Waals surface area contributed by atoms with Gasteiger partial charge in [-0.3, -0.25) is 25.5 Å². The number of carboxylic acid groups (broad SMARTS) is 1. The number of amides is 1. The molecule has 8 N–H and O–H groups in total. The minimum Gasteiger partial charge on any atom is -0.492 e. The van der Waals surface area contributed by atoms with Crippen molar-refractivity contribution in [3.05, 3.63) is 29.8 Å². The lowest BCUT2D eigenvalue weighted by Crippen LogP contribution is -2.57. The molecule has 0 unspecified atom stereocenters. The van der Waals surface area contributed by atoms with Crippen LogP contribution >= 0.6 is 0 Å². The second-order valence-electron chi connectivity index (χ2n) is 7.22. The van der Waals surface area contributed by atoms with Crippen molar-refractivity contribution >= 4 is 21.9 Å². The van der Waals surface area contributed by atoms with Crippen LogP contribution in [0, 0.1) is 5.92 Å². The van der Waals surface area contributed by atoms with Crippen LogP contribution in [0.3, 0.4) is 0 Å². The molecule has 1 amide bonds. The van der Waals surface area contributed by atoms with Crippen molar-refractivity contribution in [2.75, 3.05) is 51.6 Å². The number of hydrogen-bond acceptors (Lipinski definition) is 9. The highest BCUT2D eigenvalue weighted by Gasteiger charge is 2.21. The number of benzene rings is 1. The van der Waals surface area contributed by atoms with Crippen molar-refractivity contribution in [3.8, 4) is 5.75 Å². The lowest BCUT2D eigenvalue weighted by atomic mass is 10.1. The lowest BCUT2D eigenvalue weighted by Gasteiger charge is -2.25. The van der Waals surface area contributed by atoms with Crippen LogP contribution in [0.15, 0.2) is 24.3 Å². The van der Waals surface area contributed by atoms with Gasteiger partial charge in [0.25, 0.3) is 5.91 Å². The predicted molar refractivity (Wildman–Crippen MR) is 119 cm³/mol. The number of sulfonamides is 1. The van der Waals surface area contributed by atoms with Gasteiger partial charge < -0.3 is 20.9 Å². The van der Waals surface area contributed by atoms with Gasteiger partial charge in [0.05, 0.1) is 11.7 Å². The Morgan fingerprint density at radius 3 is 2.50 bits per heavy atom. The first-order chi connectivity index (χ1) is 15.3. The average molecular weight is 473 g/mol. The normalized spacial score (nSPS) is 15.8. The fourth-order valence-corrected chi connectivity index (χ4v) is 3.80. The molecule has 13 heteroatoms. The third-order valence-corrected chi connectivity index (χ3v) is 6.06. The fourth-order valence-electron chi connectivity index (χ4n) is 2.89. The Hall–Kier alpha value is -2.29. The molecule has 0 aromatic heterocycles. The van der Waals surface area contributed by atoms with Crippen LogP contribution in [0.5, 0.6) is 5.75 Å². The average Bonchev–Trinajstić information content (AvgIpc) is 2.77. The number of aliphatic carboxylic acids is 1. The lowest BCUT2D eigenvalue weighted by molar-refractivity contribution is -0.141. The summed E-state index contributed by atoms with van der Waals surface area (Å²) in [5.74, 6) is -2.51. The molecule has 0 saturated carbocycles. The van der Waals surface area contributed by atoms with E-state index in [1.165, 1.54) is 0 Å². The van der Waals surface area contributed by atoms with E-state index in [-0.39, 0.29) is 31.7 Å². The molecule has 1 aliphatic heterocycles. The maximum absolute atomic E-state index is 12.3. The minimum atomic E-state index is -3.65. The molecule has 0 aliphatic carbocycles. The molecular formula is C19H32N6O6S. The molecule has 1 aliphatic rings. The van der Waals surface area contributed by atoms with E-state index in [9.17, 15) is 23.1 Å². The fraction of sp³-hybridized carbons (Fsp3) is 0.579. The second-order valence-corrected chi connectivity index (χ2v) is 9.15. The van der Waals surface area contributed by atoms with E-state index in [4.69, 9.17) is 10.5 Å². The number of hydrogen-bond donors (Lipinski definition) is 7. The van der Waals surface area contributed by atoms with E-state index in [1.807, 2.05) is 0 Å². The van der Waals surface area contributed by atoms with Crippen LogP contribution in [0.4, 0.5) is 0 Å². The summed E-state index contributed by atoms with van der Waals surface area (Å²) in [4.78, 5) is 23.7. The number of carbonyl (C=O) groups excluding carboxylic acids is 1. The maximum atomic E-state index is 12.3. The molecule has 1 saturated heterocycles. The summed E-state index contributed by atoms with van der Waals surface area (Å²) < 4.78 is 31.1. The number of nitrogens with one attached hydrogen (secondary N) is 5. The summed E-state index contributed by atoms with van der Waals surface area (Å²) in [6, 6.07) is 6.45. The molecular weight excluding hydrogens is 440 g/mol. The molecule has 0 radical (unpaired) electrons. The topological polar surface area (TPSA) is 184 Å². The SMILES string of the molecule is NCCS(=O)(=O)NC[C@@H](CNC(=O)c1ccc(OCCNC2NCCCN2)cc1)C(=O)O. The first kappa shape index (κ1) is 26.0. The Kier molecular flexibility index (Phi) is 10.8. The van der Waals surface area contributed by atoms with Crippen molar-refractivity contribution in [1.29, 1.82) is 0 Å². The first-order valence-electron chi connectivity index (χ1n) is 10.4. The van der Waals surface area contributed by atoms with Crippen molar-refractivity contribution in [3.63, 3.8) is 0 Å². The molecule has 0 bridgehead atoms. The third kappa shape index (κ3) is 9.46. The molecule has 1 fully saturated rings. The molecule has 0 spiro atoms. The number of ether oxygens (including phenoxy) is 1. The van der Waals surface area contributed by atoms with Crippen LogP contribution in [-0.4, -0.2) is 83.3 Å². The molecule has 12 nitrogen and oxygen atoms in total. The second kappa shape index (κ2) is 13.3. The highest BCUT2D eigenvalue weighted by molar-refractivity contribution is 7.89. The maximum Gasteiger partial charge on any atom is 0.309 e. The molecule has 1 aromatic rings. The summed E-state index contributed by atoms with van der Waals surface area (Å²) in [7, 11) is -3.65. The van der Waals surface area contributed by atoms with Gasteiger partial charge in [0.2, 0.25) is 10.0 Å². The van der Waals surface area contributed by atoms with Crippen molar-refractivity contribution in [2.45, 2.75) is 12.7 Å². The Morgan fingerprint density at radius 1 is 1.19 bits per heavy atom. The van der Waals surface area contributed by atoms with Crippen LogP contribution in [-0.2, 0) is 14.8 Å². The molecule has 32 heavy (non-hydrogen) atoms. The quantitative estimate of drug-likeness (QED) is 0.147. The van der Waals surface area contributed by atoms with Crippen LogP contribution < -0.4 is 36.5 Å². The van der Waals surface area contributed by atoms with Crippen molar-refractivity contribution in [2.24, 2.45) is 11.7 Å². The van der Waals surface area contributed by atoms with Gasteiger partial charge >= 0.3 is 5.97 Å². The van der Waals surface area contributed by atoms with Gasteiger partial charge in [0.15, 0.2) is 0 Å². The Morgan fingerprint density at radius 2 is 1.88 bits per heavy atom. The van der Waals surface area contributed by atoms with E-state index in [0.717, 1.165) is 19.5 Å². The van der Waals surface area contributed by atoms with E-state index in [2.05, 4.69) is 26.0 Å². The third-order valence-electron chi connectivity index (χ3n) is 4.68. The zero-order valence-electron chi connectivity index (χ0n) is 17.8. The van der Waals surface area contributed by atoms with Crippen LogP contribution in [0.1, 0.15) is 16.8 Å². The van der Waals surface area contributed by atoms with Crippen LogP contribution in [0.25, 0.3) is 0 Å². The largest absolute Gasteiger partial charge is 0.492 e. The van der Waals surface area contributed by atoms with Gasteiger partial charge in [0.1, 0.15) is 18.6 Å². The molecule has 1 aromatic carbocycles. The summed E-state index contributed by atoms with van der Waals surface area (Å²) in [5.41, 5.74) is 5.54. The van der Waals surface area contributed by atoms with Crippen LogP contribution in [0.2, 0.25) is 0 Å². The molecule has 1 atom stereocenters. The Labute approximate surface area is 187 Å². The zero-order valence-corrected chi connectivity index (χ0v) is 18.6. The molecule has 1 heterocycles. The summed E-state index contributed by atoms with van der Waals surface area (Å²) in [6.07, 6.45) is 1.17. The first-order valence-corrected chi connectivity index (χ1v) is 12.1. The monoisotopic (exact) mass is 472 g/mol. The van der Waals surface area contributed by atoms with Gasteiger partial charge in [-0.1, -0.05) is 0 Å². The van der Waals surface area contributed by atoms with E-state index >= 15 is 0 Å². The van der Waals surface area contributed by atoms with E-state index < -0.39 is 27.8 Å². The zero-order chi connectivity index (χ0) is 23.4. The van der Waals surface area contributed by atoms with E-state index in [1.54, 1.807) is 24.3 Å². The van der Waals surface area contributed by atoms with Gasteiger partial charge in [-0.25, -0.2) is 13.1 Å². The van der Waals surface area contributed by atoms with Crippen molar-refractivity contribution in [1.82, 2.24) is 26.0 Å².